The van der Waals surface area contributed by atoms with Crippen LogP contribution in [0.25, 0.3) is 22.7 Å². The monoisotopic (exact) mass is 384 g/mol. The Balaban J connectivity index is 1.53. The smallest absolute Gasteiger partial charge is 0.314 e. The van der Waals surface area contributed by atoms with Crippen LogP contribution in [0.15, 0.2) is 47.3 Å². The quantitative estimate of drug-likeness (QED) is 0.557. The van der Waals surface area contributed by atoms with Crippen molar-refractivity contribution in [3.8, 4) is 22.7 Å². The van der Waals surface area contributed by atoms with Crippen LogP contribution in [0.3, 0.4) is 0 Å². The maximum Gasteiger partial charge on any atom is 0.314 e. The van der Waals surface area contributed by atoms with E-state index in [0.717, 1.165) is 5.56 Å². The van der Waals surface area contributed by atoms with E-state index in [-0.39, 0.29) is 11.9 Å². The van der Waals surface area contributed by atoms with Gasteiger partial charge >= 0.3 is 6.43 Å². The normalized spacial score (nSPS) is 12.4. The number of nitrogens with two attached hydrogens (primary N) is 1. The molecule has 0 saturated carbocycles. The van der Waals surface area contributed by atoms with Gasteiger partial charge in [0.2, 0.25) is 5.89 Å². The lowest BCUT2D eigenvalue weighted by atomic mass is 10.2. The number of halogens is 2. The third kappa shape index (κ3) is 3.41. The Morgan fingerprint density at radius 3 is 2.43 bits per heavy atom. The highest BCUT2D eigenvalue weighted by atomic mass is 19.3. The summed E-state index contributed by atoms with van der Waals surface area (Å²) < 4.78 is 31.7. The Morgan fingerprint density at radius 1 is 1.00 bits per heavy atom. The summed E-state index contributed by atoms with van der Waals surface area (Å²) in [5.74, 6) is -0.309. The van der Waals surface area contributed by atoms with Gasteiger partial charge in [0.1, 0.15) is 11.5 Å². The first kappa shape index (κ1) is 17.6. The zero-order valence-electron chi connectivity index (χ0n) is 14.6. The summed E-state index contributed by atoms with van der Waals surface area (Å²) >= 11 is 0. The van der Waals surface area contributed by atoms with Crippen molar-refractivity contribution in [1.82, 2.24) is 35.2 Å². The Labute approximate surface area is 157 Å². The van der Waals surface area contributed by atoms with E-state index >= 15 is 0 Å². The largest absolute Gasteiger partial charge is 0.415 e. The topological polar surface area (TPSA) is 121 Å². The molecule has 4 heterocycles. The van der Waals surface area contributed by atoms with Crippen LogP contribution in [0, 0.1) is 0 Å². The Bertz CT molecular complexity index is 1080. The molecule has 0 aliphatic carbocycles. The summed E-state index contributed by atoms with van der Waals surface area (Å²) in [5, 5.41) is 15.2. The summed E-state index contributed by atoms with van der Waals surface area (Å²) in [4.78, 5) is 8.39. The van der Waals surface area contributed by atoms with E-state index in [4.69, 9.17) is 10.2 Å². The fourth-order valence-electron chi connectivity index (χ4n) is 2.51. The van der Waals surface area contributed by atoms with Crippen molar-refractivity contribution in [3.63, 3.8) is 0 Å². The number of nitrogens with zero attached hydrogens (tertiary/aromatic N) is 7. The van der Waals surface area contributed by atoms with Gasteiger partial charge in [-0.05, 0) is 31.2 Å². The fourth-order valence-corrected chi connectivity index (χ4v) is 2.51. The van der Waals surface area contributed by atoms with Crippen molar-refractivity contribution < 1.29 is 13.2 Å². The van der Waals surface area contributed by atoms with E-state index < -0.39 is 12.3 Å². The van der Waals surface area contributed by atoms with Crippen LogP contribution in [-0.2, 0) is 0 Å². The van der Waals surface area contributed by atoms with E-state index in [9.17, 15) is 8.78 Å². The van der Waals surface area contributed by atoms with Gasteiger partial charge in [0.25, 0.3) is 5.89 Å². The molecule has 4 aromatic heterocycles. The molecule has 0 bridgehead atoms. The zero-order chi connectivity index (χ0) is 19.7. The number of hydrogen-bond acceptors (Lipinski definition) is 8. The molecule has 4 rings (SSSR count). The molecular formula is C17H14F2N8O. The first-order chi connectivity index (χ1) is 13.5. The summed E-state index contributed by atoms with van der Waals surface area (Å²) in [6.07, 6.45) is 2.07. The lowest BCUT2D eigenvalue weighted by molar-refractivity contribution is 0.116. The average molecular weight is 384 g/mol. The van der Waals surface area contributed by atoms with Crippen molar-refractivity contribution in [1.29, 1.82) is 0 Å². The third-order valence-electron chi connectivity index (χ3n) is 4.08. The summed E-state index contributed by atoms with van der Waals surface area (Å²) in [7, 11) is 0. The Kier molecular flexibility index (Phi) is 4.47. The van der Waals surface area contributed by atoms with Crippen LogP contribution in [-0.4, -0.2) is 35.2 Å². The predicted octanol–water partition coefficient (Wildman–Crippen LogP) is 2.91. The molecule has 142 valence electrons. The highest BCUT2D eigenvalue weighted by Gasteiger charge is 2.18. The number of pyridine rings is 2. The summed E-state index contributed by atoms with van der Waals surface area (Å²) in [5.41, 5.74) is 8.18. The van der Waals surface area contributed by atoms with Gasteiger partial charge in [-0.1, -0.05) is 5.21 Å². The zero-order valence-corrected chi connectivity index (χ0v) is 14.6. The first-order valence-electron chi connectivity index (χ1n) is 8.23. The van der Waals surface area contributed by atoms with Crippen LogP contribution in [0.5, 0.6) is 0 Å². The average Bonchev–Trinajstić information content (AvgIpc) is 3.38. The lowest BCUT2D eigenvalue weighted by Gasteiger charge is -2.10. The minimum atomic E-state index is -2.81. The predicted molar refractivity (Wildman–Crippen MR) is 94.0 cm³/mol. The third-order valence-corrected chi connectivity index (χ3v) is 4.08. The van der Waals surface area contributed by atoms with Gasteiger partial charge < -0.3 is 10.2 Å². The standard InChI is InChI=1S/C17H14F2N8O/c1-9(27-8-13(23-26-27)10-3-5-14(20)22-6-10)12-4-2-11(7-21-12)16-24-25-17(28-16)15(18)19/h2-9,15H,1H3,(H2,20,22). The molecule has 0 spiro atoms. The molecule has 0 amide bonds. The van der Waals surface area contributed by atoms with Gasteiger partial charge in [0.05, 0.1) is 23.5 Å². The van der Waals surface area contributed by atoms with Gasteiger partial charge in [0, 0.05) is 18.0 Å². The van der Waals surface area contributed by atoms with Crippen LogP contribution in [0.2, 0.25) is 0 Å². The Hall–Kier alpha value is -3.76. The van der Waals surface area contributed by atoms with Crippen molar-refractivity contribution >= 4 is 5.82 Å². The van der Waals surface area contributed by atoms with Crippen molar-refractivity contribution in [2.24, 2.45) is 0 Å². The molecule has 1 unspecified atom stereocenters. The number of hydrogen-bond donors (Lipinski definition) is 1. The number of alkyl halides is 2. The number of anilines is 1. The summed E-state index contributed by atoms with van der Waals surface area (Å²) in [6, 6.07) is 6.69. The van der Waals surface area contributed by atoms with E-state index in [0.29, 0.717) is 22.8 Å². The molecule has 4 aromatic rings. The number of aromatic nitrogens is 7. The van der Waals surface area contributed by atoms with Gasteiger partial charge in [0.15, 0.2) is 0 Å². The number of nitrogen functional groups attached to an aromatic ring is 1. The van der Waals surface area contributed by atoms with E-state index in [1.165, 1.54) is 6.20 Å². The number of rotatable bonds is 5. The molecule has 9 nitrogen and oxygen atoms in total. The molecule has 28 heavy (non-hydrogen) atoms. The Morgan fingerprint density at radius 2 is 1.79 bits per heavy atom. The second-order valence-corrected chi connectivity index (χ2v) is 5.95. The molecule has 0 aliphatic rings. The molecule has 2 N–H and O–H groups in total. The second kappa shape index (κ2) is 7.10. The van der Waals surface area contributed by atoms with Crippen LogP contribution >= 0.6 is 0 Å². The molecule has 0 aromatic carbocycles. The molecule has 1 atom stereocenters. The van der Waals surface area contributed by atoms with Gasteiger partial charge in [-0.2, -0.15) is 8.78 Å². The SMILES string of the molecule is CC(c1ccc(-c2nnc(C(F)F)o2)cn1)n1cc(-c2ccc(N)nc2)nn1. The van der Waals surface area contributed by atoms with Gasteiger partial charge in [-0.3, -0.25) is 4.98 Å². The molecule has 11 heteroatoms. The highest BCUT2D eigenvalue weighted by molar-refractivity contribution is 5.57. The summed E-state index contributed by atoms with van der Waals surface area (Å²) in [6.45, 7) is 1.91. The van der Waals surface area contributed by atoms with Crippen LogP contribution in [0.1, 0.15) is 31.0 Å². The van der Waals surface area contributed by atoms with Crippen molar-refractivity contribution in [2.75, 3.05) is 5.73 Å². The maximum atomic E-state index is 12.6. The lowest BCUT2D eigenvalue weighted by Crippen LogP contribution is -2.09. The fraction of sp³-hybridized carbons (Fsp3) is 0.176. The van der Waals surface area contributed by atoms with Gasteiger partial charge in [-0.15, -0.1) is 15.3 Å². The minimum absolute atomic E-state index is 0.0131. The van der Waals surface area contributed by atoms with E-state index in [2.05, 4.69) is 30.5 Å². The molecular weight excluding hydrogens is 370 g/mol. The molecule has 0 aliphatic heterocycles. The van der Waals surface area contributed by atoms with Crippen LogP contribution in [0.4, 0.5) is 14.6 Å². The van der Waals surface area contributed by atoms with E-state index in [1.807, 2.05) is 13.0 Å². The maximum absolute atomic E-state index is 12.6. The van der Waals surface area contributed by atoms with Crippen molar-refractivity contribution in [3.05, 3.63) is 54.4 Å². The van der Waals surface area contributed by atoms with Crippen LogP contribution < -0.4 is 5.73 Å². The van der Waals surface area contributed by atoms with E-state index in [1.54, 1.807) is 35.3 Å². The molecule has 0 fully saturated rings. The molecule has 0 radical (unpaired) electrons. The van der Waals surface area contributed by atoms with Gasteiger partial charge in [-0.25, -0.2) is 9.67 Å². The van der Waals surface area contributed by atoms with Crippen molar-refractivity contribution in [2.45, 2.75) is 19.4 Å². The molecule has 0 saturated heterocycles. The highest BCUT2D eigenvalue weighted by Crippen LogP contribution is 2.25. The second-order valence-electron chi connectivity index (χ2n) is 5.95. The first-order valence-corrected chi connectivity index (χ1v) is 8.23. The minimum Gasteiger partial charge on any atom is -0.415 e.